The van der Waals surface area contributed by atoms with Gasteiger partial charge in [0.25, 0.3) is 5.91 Å². The van der Waals surface area contributed by atoms with E-state index in [0.717, 1.165) is 6.07 Å². The predicted octanol–water partition coefficient (Wildman–Crippen LogP) is 2.11. The highest BCUT2D eigenvalue weighted by Crippen LogP contribution is 2.45. The van der Waals surface area contributed by atoms with Crippen LogP contribution in [0.15, 0.2) is 18.2 Å². The van der Waals surface area contributed by atoms with Gasteiger partial charge in [-0.2, -0.15) is 13.2 Å². The van der Waals surface area contributed by atoms with E-state index in [0.29, 0.717) is 44.2 Å². The van der Waals surface area contributed by atoms with E-state index in [2.05, 4.69) is 5.32 Å². The van der Waals surface area contributed by atoms with Gasteiger partial charge in [-0.15, -0.1) is 0 Å². The number of fused-ring (bicyclic) bond motifs is 3. The third-order valence-electron chi connectivity index (χ3n) is 5.38. The molecule has 0 aliphatic heterocycles. The van der Waals surface area contributed by atoms with Crippen molar-refractivity contribution < 1.29 is 32.2 Å². The van der Waals surface area contributed by atoms with Gasteiger partial charge in [0, 0.05) is 11.6 Å². The fraction of sp³-hybridized carbons (Fsp3) is 0.588. The molecule has 4 N–H and O–H groups in total. The summed E-state index contributed by atoms with van der Waals surface area (Å²) in [6.07, 6.45) is -2.68. The van der Waals surface area contributed by atoms with E-state index in [1.807, 2.05) is 0 Å². The second kappa shape index (κ2) is 6.38. The average molecular weight is 376 g/mol. The van der Waals surface area contributed by atoms with Gasteiger partial charge in [-0.05, 0) is 44.2 Å². The first kappa shape index (κ1) is 18.9. The number of carbonyl (C=O) groups excluding carboxylic acids is 1. The molecule has 1 amide bonds. The maximum atomic E-state index is 13.5. The van der Waals surface area contributed by atoms with Crippen LogP contribution in [0.2, 0.25) is 0 Å². The quantitative estimate of drug-likeness (QED) is 0.703. The molecule has 3 saturated carbocycles. The van der Waals surface area contributed by atoms with Gasteiger partial charge in [0.05, 0.1) is 17.2 Å². The van der Waals surface area contributed by atoms with Crippen LogP contribution in [0.5, 0.6) is 5.75 Å². The van der Waals surface area contributed by atoms with Gasteiger partial charge in [0.15, 0.2) is 6.61 Å². The van der Waals surface area contributed by atoms with Crippen LogP contribution in [0.4, 0.5) is 17.6 Å². The first-order valence-corrected chi connectivity index (χ1v) is 8.31. The number of nitrogens with two attached hydrogens (primary N) is 1. The first-order valence-electron chi connectivity index (χ1n) is 8.31. The van der Waals surface area contributed by atoms with Gasteiger partial charge in [0.1, 0.15) is 11.6 Å². The summed E-state index contributed by atoms with van der Waals surface area (Å²) in [5.41, 5.74) is 3.61. The molecule has 0 aromatic heterocycles. The van der Waals surface area contributed by atoms with Crippen LogP contribution in [-0.4, -0.2) is 34.8 Å². The SMILES string of the molecule is NC12CCC(NC(=O)COc3ccc(C(F)(F)F)c(F)c3)(CC1)[C@@H](O)C2. The number of aliphatic hydroxyl groups is 1. The van der Waals surface area contributed by atoms with E-state index < -0.39 is 41.7 Å². The van der Waals surface area contributed by atoms with Crippen molar-refractivity contribution in [2.24, 2.45) is 5.73 Å². The maximum absolute atomic E-state index is 13.5. The largest absolute Gasteiger partial charge is 0.484 e. The summed E-state index contributed by atoms with van der Waals surface area (Å²) in [5.74, 6) is -2.18. The molecule has 0 heterocycles. The van der Waals surface area contributed by atoms with Crippen LogP contribution in [0, 0.1) is 5.82 Å². The Balaban J connectivity index is 1.59. The average Bonchev–Trinajstić information content (AvgIpc) is 2.53. The minimum Gasteiger partial charge on any atom is -0.484 e. The molecule has 144 valence electrons. The van der Waals surface area contributed by atoms with Crippen molar-refractivity contribution >= 4 is 5.91 Å². The molecule has 3 aliphatic rings. The summed E-state index contributed by atoms with van der Waals surface area (Å²) < 4.78 is 56.2. The molecule has 0 unspecified atom stereocenters. The fourth-order valence-corrected chi connectivity index (χ4v) is 3.80. The van der Waals surface area contributed by atoms with Crippen molar-refractivity contribution in [2.75, 3.05) is 6.61 Å². The lowest BCUT2D eigenvalue weighted by Crippen LogP contribution is -2.69. The standard InChI is InChI=1S/C17H20F4N2O3/c18-12-7-10(1-2-11(12)17(19,20)21)26-9-14(25)23-16-5-3-15(22,4-6-16)8-13(16)24/h1-2,7,13,24H,3-6,8-9,22H2,(H,23,25)/t13-,15?,16?/m0/s1. The van der Waals surface area contributed by atoms with Crippen molar-refractivity contribution in [3.63, 3.8) is 0 Å². The van der Waals surface area contributed by atoms with Crippen molar-refractivity contribution in [1.29, 1.82) is 0 Å². The van der Waals surface area contributed by atoms with Crippen LogP contribution in [0.1, 0.15) is 37.7 Å². The summed E-state index contributed by atoms with van der Waals surface area (Å²) in [6.45, 7) is -0.493. The van der Waals surface area contributed by atoms with E-state index in [9.17, 15) is 27.5 Å². The van der Waals surface area contributed by atoms with Crippen LogP contribution < -0.4 is 15.8 Å². The molecule has 1 aromatic rings. The Morgan fingerprint density at radius 1 is 1.31 bits per heavy atom. The topological polar surface area (TPSA) is 84.6 Å². The van der Waals surface area contributed by atoms with Crippen molar-refractivity contribution in [2.45, 2.75) is 55.5 Å². The molecule has 0 spiro atoms. The summed E-state index contributed by atoms with van der Waals surface area (Å²) in [4.78, 5) is 12.2. The third-order valence-corrected chi connectivity index (χ3v) is 5.38. The number of rotatable bonds is 4. The van der Waals surface area contributed by atoms with E-state index in [1.165, 1.54) is 0 Å². The van der Waals surface area contributed by atoms with E-state index in [-0.39, 0.29) is 11.3 Å². The van der Waals surface area contributed by atoms with Crippen LogP contribution in [-0.2, 0) is 11.0 Å². The lowest BCUT2D eigenvalue weighted by atomic mass is 9.60. The van der Waals surface area contributed by atoms with Gasteiger partial charge >= 0.3 is 6.18 Å². The number of aliphatic hydroxyl groups excluding tert-OH is 1. The lowest BCUT2D eigenvalue weighted by molar-refractivity contribution is -0.140. The van der Waals surface area contributed by atoms with Gasteiger partial charge in [-0.3, -0.25) is 4.79 Å². The zero-order chi connectivity index (χ0) is 19.2. The van der Waals surface area contributed by atoms with Crippen LogP contribution >= 0.6 is 0 Å². The highest BCUT2D eigenvalue weighted by atomic mass is 19.4. The molecule has 4 rings (SSSR count). The molecular formula is C17H20F4N2O3. The number of ether oxygens (including phenoxy) is 1. The first-order chi connectivity index (χ1) is 12.0. The van der Waals surface area contributed by atoms with Crippen molar-refractivity contribution in [3.8, 4) is 5.75 Å². The number of nitrogens with one attached hydrogen (secondary N) is 1. The second-order valence-corrected chi connectivity index (χ2v) is 7.21. The number of amides is 1. The smallest absolute Gasteiger partial charge is 0.419 e. The molecule has 5 nitrogen and oxygen atoms in total. The van der Waals surface area contributed by atoms with E-state index >= 15 is 0 Å². The summed E-state index contributed by atoms with van der Waals surface area (Å²) in [6, 6.07) is 2.11. The second-order valence-electron chi connectivity index (χ2n) is 7.21. The van der Waals surface area contributed by atoms with Crippen LogP contribution in [0.25, 0.3) is 0 Å². The number of alkyl halides is 3. The number of carbonyl (C=O) groups is 1. The monoisotopic (exact) mass is 376 g/mol. The fourth-order valence-electron chi connectivity index (χ4n) is 3.80. The number of hydrogen-bond donors (Lipinski definition) is 3. The molecule has 2 bridgehead atoms. The maximum Gasteiger partial charge on any atom is 0.419 e. The molecule has 1 aromatic carbocycles. The summed E-state index contributed by atoms with van der Waals surface area (Å²) >= 11 is 0. The Bertz CT molecular complexity index is 700. The zero-order valence-electron chi connectivity index (χ0n) is 13.9. The Hall–Kier alpha value is -1.87. The van der Waals surface area contributed by atoms with E-state index in [4.69, 9.17) is 10.5 Å². The van der Waals surface area contributed by atoms with Gasteiger partial charge < -0.3 is 20.9 Å². The van der Waals surface area contributed by atoms with Gasteiger partial charge in [0.2, 0.25) is 0 Å². The molecule has 9 heteroatoms. The minimum absolute atomic E-state index is 0.183. The molecule has 0 saturated heterocycles. The normalized spacial score (nSPS) is 30.9. The molecule has 3 aliphatic carbocycles. The highest BCUT2D eigenvalue weighted by molar-refractivity contribution is 5.78. The molecule has 1 atom stereocenters. The van der Waals surface area contributed by atoms with Gasteiger partial charge in [-0.25, -0.2) is 4.39 Å². The molecule has 26 heavy (non-hydrogen) atoms. The lowest BCUT2D eigenvalue weighted by Gasteiger charge is -2.54. The summed E-state index contributed by atoms with van der Waals surface area (Å²) in [7, 11) is 0. The zero-order valence-corrected chi connectivity index (χ0v) is 13.9. The molecular weight excluding hydrogens is 356 g/mol. The van der Waals surface area contributed by atoms with E-state index in [1.54, 1.807) is 0 Å². The van der Waals surface area contributed by atoms with Crippen molar-refractivity contribution in [1.82, 2.24) is 5.32 Å². The van der Waals surface area contributed by atoms with Gasteiger partial charge in [-0.1, -0.05) is 0 Å². The Morgan fingerprint density at radius 3 is 2.50 bits per heavy atom. The van der Waals surface area contributed by atoms with Crippen LogP contribution in [0.3, 0.4) is 0 Å². The van der Waals surface area contributed by atoms with Crippen molar-refractivity contribution in [3.05, 3.63) is 29.6 Å². The minimum atomic E-state index is -4.80. The molecule has 3 fully saturated rings. The number of benzene rings is 1. The molecule has 0 radical (unpaired) electrons. The Kier molecular flexibility index (Phi) is 4.64. The third kappa shape index (κ3) is 3.64. The summed E-state index contributed by atoms with van der Waals surface area (Å²) in [5, 5.41) is 13.1. The Labute approximate surface area is 147 Å². The highest BCUT2D eigenvalue weighted by Gasteiger charge is 2.53. The number of hydrogen-bond acceptors (Lipinski definition) is 4. The predicted molar refractivity (Wildman–Crippen MR) is 83.8 cm³/mol. The number of halogens is 4. The Morgan fingerprint density at radius 2 is 1.96 bits per heavy atom.